The number of aliphatic hydroxyl groups is 2. The van der Waals surface area contributed by atoms with Crippen molar-refractivity contribution in [2.75, 3.05) is 0 Å². The van der Waals surface area contributed by atoms with Crippen molar-refractivity contribution in [2.45, 2.75) is 18.6 Å². The van der Waals surface area contributed by atoms with Crippen molar-refractivity contribution in [3.8, 4) is 0 Å². The maximum atomic E-state index is 9.63. The summed E-state index contributed by atoms with van der Waals surface area (Å²) in [5.74, 6) is 0.790. The predicted octanol–water partition coefficient (Wildman–Crippen LogP) is 0.170. The van der Waals surface area contributed by atoms with Gasteiger partial charge in [0, 0.05) is 18.8 Å². The highest BCUT2D eigenvalue weighted by atomic mass is 16.3. The van der Waals surface area contributed by atoms with Crippen LogP contribution in [-0.2, 0) is 6.42 Å². The van der Waals surface area contributed by atoms with Gasteiger partial charge in [0.1, 0.15) is 18.0 Å². The molecular formula is C10H12N2O2. The molecule has 0 spiro atoms. The molecule has 1 aliphatic carbocycles. The van der Waals surface area contributed by atoms with Crippen molar-refractivity contribution in [3.63, 3.8) is 0 Å². The third kappa shape index (κ3) is 1.76. The highest BCUT2D eigenvalue weighted by Crippen LogP contribution is 2.16. The lowest BCUT2D eigenvalue weighted by Crippen LogP contribution is -2.28. The van der Waals surface area contributed by atoms with Crippen LogP contribution in [-0.4, -0.2) is 32.4 Å². The van der Waals surface area contributed by atoms with Crippen LogP contribution in [0.25, 0.3) is 0 Å². The molecule has 74 valence electrons. The molecule has 0 aliphatic heterocycles. The number of aliphatic hydroxyl groups excluding tert-OH is 2. The molecule has 0 saturated carbocycles. The molecule has 0 saturated heterocycles. The number of aromatic nitrogens is 2. The number of hydrogen-bond acceptors (Lipinski definition) is 3. The highest BCUT2D eigenvalue weighted by molar-refractivity contribution is 5.27. The minimum atomic E-state index is -0.815. The second kappa shape index (κ2) is 3.77. The average Bonchev–Trinajstić information content (AvgIpc) is 2.66. The predicted molar refractivity (Wildman–Crippen MR) is 51.5 cm³/mol. The summed E-state index contributed by atoms with van der Waals surface area (Å²) in [5.41, 5.74) is 0.773. The van der Waals surface area contributed by atoms with Crippen LogP contribution in [0.5, 0.6) is 0 Å². The monoisotopic (exact) mass is 192 g/mol. The summed E-state index contributed by atoms with van der Waals surface area (Å²) in [6.07, 6.45) is 7.44. The van der Waals surface area contributed by atoms with Crippen LogP contribution in [0.2, 0.25) is 0 Å². The minimum Gasteiger partial charge on any atom is -0.386 e. The number of nitrogens with one attached hydrogen (secondary N) is 1. The number of H-pyrrole nitrogens is 1. The summed E-state index contributed by atoms with van der Waals surface area (Å²) >= 11 is 0. The van der Waals surface area contributed by atoms with E-state index >= 15 is 0 Å². The van der Waals surface area contributed by atoms with Crippen molar-refractivity contribution in [2.24, 2.45) is 0 Å². The van der Waals surface area contributed by atoms with E-state index in [4.69, 9.17) is 0 Å². The van der Waals surface area contributed by atoms with Crippen molar-refractivity contribution in [3.05, 3.63) is 42.0 Å². The number of nitrogens with zero attached hydrogens (tertiary/aromatic N) is 1. The largest absolute Gasteiger partial charge is 0.386 e. The molecule has 0 bridgehead atoms. The quantitative estimate of drug-likeness (QED) is 0.625. The Kier molecular flexibility index (Phi) is 2.47. The lowest BCUT2D eigenvalue weighted by molar-refractivity contribution is 0.0699. The van der Waals surface area contributed by atoms with Gasteiger partial charge in [0.2, 0.25) is 0 Å². The van der Waals surface area contributed by atoms with Gasteiger partial charge in [0.15, 0.2) is 0 Å². The fourth-order valence-corrected chi connectivity index (χ4v) is 1.47. The van der Waals surface area contributed by atoms with E-state index in [0.717, 1.165) is 11.4 Å². The summed E-state index contributed by atoms with van der Waals surface area (Å²) in [4.78, 5) is 7.01. The van der Waals surface area contributed by atoms with Gasteiger partial charge in [-0.25, -0.2) is 4.98 Å². The van der Waals surface area contributed by atoms with Gasteiger partial charge < -0.3 is 15.2 Å². The normalized spacial score (nSPS) is 26.3. The smallest absolute Gasteiger partial charge is 0.110 e. The van der Waals surface area contributed by atoms with Gasteiger partial charge in [0.05, 0.1) is 0 Å². The molecule has 0 aromatic carbocycles. The summed E-state index contributed by atoms with van der Waals surface area (Å²) in [6, 6.07) is 0. The van der Waals surface area contributed by atoms with E-state index in [1.807, 2.05) is 0 Å². The van der Waals surface area contributed by atoms with Gasteiger partial charge in [-0.2, -0.15) is 0 Å². The van der Waals surface area contributed by atoms with Gasteiger partial charge >= 0.3 is 0 Å². The fraction of sp³-hybridized carbons (Fsp3) is 0.300. The molecule has 1 heterocycles. The number of rotatable bonds is 2. The van der Waals surface area contributed by atoms with E-state index in [0.29, 0.717) is 6.42 Å². The van der Waals surface area contributed by atoms with E-state index in [2.05, 4.69) is 9.97 Å². The zero-order valence-corrected chi connectivity index (χ0v) is 7.59. The Hall–Kier alpha value is -1.39. The summed E-state index contributed by atoms with van der Waals surface area (Å²) in [6.45, 7) is 0. The first kappa shape index (κ1) is 9.18. The Morgan fingerprint density at radius 3 is 3.00 bits per heavy atom. The molecule has 0 radical (unpaired) electrons. The van der Waals surface area contributed by atoms with Crippen molar-refractivity contribution < 1.29 is 10.2 Å². The molecule has 2 rings (SSSR count). The fourth-order valence-electron chi connectivity index (χ4n) is 1.47. The van der Waals surface area contributed by atoms with Gasteiger partial charge in [-0.05, 0) is 5.57 Å². The van der Waals surface area contributed by atoms with Crippen LogP contribution in [0, 0.1) is 0 Å². The maximum absolute atomic E-state index is 9.63. The zero-order chi connectivity index (χ0) is 9.97. The first-order valence-electron chi connectivity index (χ1n) is 4.49. The van der Waals surface area contributed by atoms with E-state index in [1.54, 1.807) is 30.6 Å². The molecule has 1 aromatic heterocycles. The Morgan fingerprint density at radius 2 is 2.29 bits per heavy atom. The van der Waals surface area contributed by atoms with Gasteiger partial charge in [0.25, 0.3) is 0 Å². The third-order valence-corrected chi connectivity index (χ3v) is 2.25. The average molecular weight is 192 g/mol. The van der Waals surface area contributed by atoms with Crippen LogP contribution in [0.4, 0.5) is 0 Å². The van der Waals surface area contributed by atoms with Gasteiger partial charge in [-0.1, -0.05) is 18.2 Å². The van der Waals surface area contributed by atoms with Gasteiger partial charge in [-0.15, -0.1) is 0 Å². The molecule has 0 fully saturated rings. The second-order valence-corrected chi connectivity index (χ2v) is 3.27. The molecule has 4 nitrogen and oxygen atoms in total. The molecule has 14 heavy (non-hydrogen) atoms. The maximum Gasteiger partial charge on any atom is 0.110 e. The van der Waals surface area contributed by atoms with Gasteiger partial charge in [-0.3, -0.25) is 0 Å². The van der Waals surface area contributed by atoms with Crippen molar-refractivity contribution >= 4 is 0 Å². The minimum absolute atomic E-state index is 0.537. The summed E-state index contributed by atoms with van der Waals surface area (Å²) in [7, 11) is 0. The van der Waals surface area contributed by atoms with Crippen LogP contribution < -0.4 is 0 Å². The zero-order valence-electron chi connectivity index (χ0n) is 7.59. The first-order chi connectivity index (χ1) is 6.77. The third-order valence-electron chi connectivity index (χ3n) is 2.25. The number of hydrogen-bond donors (Lipinski definition) is 3. The van der Waals surface area contributed by atoms with Crippen LogP contribution in [0.1, 0.15) is 5.82 Å². The number of aromatic amines is 1. The Morgan fingerprint density at radius 1 is 1.43 bits per heavy atom. The van der Waals surface area contributed by atoms with Crippen LogP contribution in [0.3, 0.4) is 0 Å². The van der Waals surface area contributed by atoms with E-state index in [9.17, 15) is 10.2 Å². The Balaban J connectivity index is 2.11. The summed E-state index contributed by atoms with van der Waals surface area (Å²) < 4.78 is 0. The molecule has 2 atom stereocenters. The molecule has 0 amide bonds. The Labute approximate surface area is 81.6 Å². The molecule has 3 N–H and O–H groups in total. The van der Waals surface area contributed by atoms with Crippen LogP contribution in [0.15, 0.2) is 36.2 Å². The van der Waals surface area contributed by atoms with E-state index in [1.165, 1.54) is 0 Å². The van der Waals surface area contributed by atoms with Crippen molar-refractivity contribution in [1.29, 1.82) is 0 Å². The SMILES string of the molecule is OC1C=CC=C(Cc2ncc[nH]2)C1O. The standard InChI is InChI=1S/C10H12N2O2/c13-8-3-1-2-7(10(8)14)6-9-11-4-5-12-9/h1-5,8,10,13-14H,6H2,(H,11,12). The van der Waals surface area contributed by atoms with E-state index < -0.39 is 12.2 Å². The summed E-state index contributed by atoms with van der Waals surface area (Å²) in [5, 5.41) is 19.0. The highest BCUT2D eigenvalue weighted by Gasteiger charge is 2.21. The van der Waals surface area contributed by atoms with E-state index in [-0.39, 0.29) is 0 Å². The lowest BCUT2D eigenvalue weighted by atomic mass is 9.96. The lowest BCUT2D eigenvalue weighted by Gasteiger charge is -2.20. The second-order valence-electron chi connectivity index (χ2n) is 3.27. The molecular weight excluding hydrogens is 180 g/mol. The molecule has 1 aromatic rings. The number of allylic oxidation sites excluding steroid dienone is 2. The van der Waals surface area contributed by atoms with Crippen LogP contribution >= 0.6 is 0 Å². The molecule has 2 unspecified atom stereocenters. The molecule has 4 heteroatoms. The number of imidazole rings is 1. The Bertz CT molecular complexity index is 354. The van der Waals surface area contributed by atoms with Crippen molar-refractivity contribution in [1.82, 2.24) is 9.97 Å². The first-order valence-corrected chi connectivity index (χ1v) is 4.49. The molecule has 1 aliphatic rings. The topological polar surface area (TPSA) is 69.1 Å².